The van der Waals surface area contributed by atoms with Gasteiger partial charge < -0.3 is 34.6 Å². The summed E-state index contributed by atoms with van der Waals surface area (Å²) in [6.45, 7) is -0.444. The summed E-state index contributed by atoms with van der Waals surface area (Å²) in [7, 11) is -3.23. The summed E-state index contributed by atoms with van der Waals surface area (Å²) in [5, 5.41) is 12.5. The van der Waals surface area contributed by atoms with Crippen LogP contribution < -0.4 is 5.32 Å². The molecule has 0 saturated carbocycles. The van der Waals surface area contributed by atoms with E-state index in [0.29, 0.717) is 3.58 Å². The minimum Gasteiger partial charge on any atom is -0.390 e. The zero-order valence-electron chi connectivity index (χ0n) is 11.5. The number of rotatable bonds is 5. The number of aliphatic hydroxyl groups excluding tert-OH is 1. The van der Waals surface area contributed by atoms with Crippen LogP contribution in [0.2, 0.25) is 0 Å². The largest absolute Gasteiger partial charge is 0.469 e. The van der Waals surface area contributed by atoms with E-state index in [0.717, 1.165) is 0 Å². The number of nitrogens with one attached hydrogen (secondary N) is 1. The number of hydrogen-bond donors (Lipinski definition) is 4. The van der Waals surface area contributed by atoms with Crippen molar-refractivity contribution in [1.29, 1.82) is 0 Å². The van der Waals surface area contributed by atoms with E-state index >= 15 is 0 Å². The number of amides is 1. The van der Waals surface area contributed by atoms with Crippen molar-refractivity contribution in [1.82, 2.24) is 10.2 Å². The quantitative estimate of drug-likeness (QED) is 0.314. The molecule has 2 aliphatic rings. The molecule has 1 saturated heterocycles. The standard InChI is InChI=1S/C10H16IN2O8P/c1-19-10-12-9(15)5(11)3-13(10)8-2-6(14)7(21-8)4-20-22(16,17)18/h3,6-8,10,14H,2,4H2,1H3,(H,12,15)(H2,16,17,18). The zero-order chi connectivity index (χ0) is 16.5. The number of ether oxygens (including phenoxy) is 2. The van der Waals surface area contributed by atoms with Gasteiger partial charge >= 0.3 is 7.82 Å². The molecule has 0 aromatic rings. The van der Waals surface area contributed by atoms with E-state index in [4.69, 9.17) is 19.3 Å². The molecule has 0 aromatic heterocycles. The van der Waals surface area contributed by atoms with Crippen LogP contribution >= 0.6 is 30.4 Å². The summed E-state index contributed by atoms with van der Waals surface area (Å²) in [5.41, 5.74) is 0. The Morgan fingerprint density at radius 1 is 1.59 bits per heavy atom. The summed E-state index contributed by atoms with van der Waals surface area (Å²) in [6.07, 6.45) is -1.53. The molecule has 4 N–H and O–H groups in total. The van der Waals surface area contributed by atoms with Crippen molar-refractivity contribution in [3.8, 4) is 0 Å². The van der Waals surface area contributed by atoms with Gasteiger partial charge in [0, 0.05) is 19.7 Å². The first kappa shape index (κ1) is 18.1. The Morgan fingerprint density at radius 2 is 2.27 bits per heavy atom. The van der Waals surface area contributed by atoms with Gasteiger partial charge in [-0.05, 0) is 22.6 Å². The van der Waals surface area contributed by atoms with Crippen molar-refractivity contribution in [3.63, 3.8) is 0 Å². The summed E-state index contributed by atoms with van der Waals surface area (Å²) in [4.78, 5) is 30.5. The Bertz CT molecular complexity index is 511. The molecule has 4 unspecified atom stereocenters. The first-order valence-electron chi connectivity index (χ1n) is 6.23. The van der Waals surface area contributed by atoms with Crippen molar-refractivity contribution < 1.29 is 38.3 Å². The molecule has 126 valence electrons. The van der Waals surface area contributed by atoms with E-state index in [2.05, 4.69) is 9.84 Å². The van der Waals surface area contributed by atoms with Crippen LogP contribution in [0, 0.1) is 0 Å². The molecular formula is C10H16IN2O8P. The Kier molecular flexibility index (Phi) is 5.83. The lowest BCUT2D eigenvalue weighted by Gasteiger charge is -2.37. The third-order valence-electron chi connectivity index (χ3n) is 3.17. The number of phosphoric ester groups is 1. The maximum absolute atomic E-state index is 11.6. The third-order valence-corrected chi connectivity index (χ3v) is 4.43. The van der Waals surface area contributed by atoms with Gasteiger partial charge in [-0.3, -0.25) is 9.32 Å². The van der Waals surface area contributed by atoms with Gasteiger partial charge in [0.25, 0.3) is 5.91 Å². The Labute approximate surface area is 139 Å². The number of methoxy groups -OCH3 is 1. The minimum atomic E-state index is -4.63. The van der Waals surface area contributed by atoms with Crippen molar-refractivity contribution in [2.75, 3.05) is 13.7 Å². The summed E-state index contributed by atoms with van der Waals surface area (Å²) in [6, 6.07) is 0. The van der Waals surface area contributed by atoms with Crippen molar-refractivity contribution in [2.24, 2.45) is 0 Å². The molecule has 4 atom stereocenters. The van der Waals surface area contributed by atoms with Gasteiger partial charge in [0.2, 0.25) is 6.35 Å². The molecule has 0 aromatic carbocycles. The maximum atomic E-state index is 11.6. The van der Waals surface area contributed by atoms with Gasteiger partial charge in [-0.15, -0.1) is 0 Å². The monoisotopic (exact) mass is 450 g/mol. The highest BCUT2D eigenvalue weighted by Crippen LogP contribution is 2.37. The van der Waals surface area contributed by atoms with Crippen molar-refractivity contribution in [3.05, 3.63) is 9.78 Å². The molecule has 10 nitrogen and oxygen atoms in total. The van der Waals surface area contributed by atoms with E-state index in [-0.39, 0.29) is 12.3 Å². The lowest BCUT2D eigenvalue weighted by molar-refractivity contribution is -0.149. The number of carbonyl (C=O) groups excluding carboxylic acids is 1. The van der Waals surface area contributed by atoms with Crippen LogP contribution in [0.5, 0.6) is 0 Å². The zero-order valence-corrected chi connectivity index (χ0v) is 14.5. The molecule has 0 radical (unpaired) electrons. The second kappa shape index (κ2) is 7.09. The fourth-order valence-electron chi connectivity index (χ4n) is 2.15. The molecule has 0 aliphatic carbocycles. The molecular weight excluding hydrogens is 434 g/mol. The highest BCUT2D eigenvalue weighted by atomic mass is 127. The normalized spacial score (nSPS) is 32.9. The van der Waals surface area contributed by atoms with Crippen LogP contribution in [0.3, 0.4) is 0 Å². The second-order valence-electron chi connectivity index (χ2n) is 4.70. The van der Waals surface area contributed by atoms with Gasteiger partial charge in [0.15, 0.2) is 0 Å². The third kappa shape index (κ3) is 4.38. The average Bonchev–Trinajstić information content (AvgIpc) is 2.79. The number of carbonyl (C=O) groups is 1. The van der Waals surface area contributed by atoms with E-state index in [1.165, 1.54) is 13.3 Å². The Morgan fingerprint density at radius 3 is 2.86 bits per heavy atom. The van der Waals surface area contributed by atoms with Crippen LogP contribution in [0.4, 0.5) is 0 Å². The highest BCUT2D eigenvalue weighted by Gasteiger charge is 2.41. The van der Waals surface area contributed by atoms with Gasteiger partial charge in [-0.25, -0.2) is 4.57 Å². The van der Waals surface area contributed by atoms with E-state index in [9.17, 15) is 14.5 Å². The number of phosphoric acid groups is 1. The van der Waals surface area contributed by atoms with Crippen LogP contribution in [0.15, 0.2) is 9.78 Å². The molecule has 12 heteroatoms. The van der Waals surface area contributed by atoms with E-state index < -0.39 is 39.2 Å². The number of aliphatic hydroxyl groups is 1. The molecule has 0 bridgehead atoms. The number of halogens is 1. The minimum absolute atomic E-state index is 0.172. The first-order chi connectivity index (χ1) is 10.2. The van der Waals surface area contributed by atoms with Crippen LogP contribution in [0.1, 0.15) is 6.42 Å². The van der Waals surface area contributed by atoms with Crippen LogP contribution in [-0.2, 0) is 23.4 Å². The van der Waals surface area contributed by atoms with Gasteiger partial charge in [-0.1, -0.05) is 0 Å². The van der Waals surface area contributed by atoms with Crippen LogP contribution in [0.25, 0.3) is 0 Å². The van der Waals surface area contributed by atoms with Crippen molar-refractivity contribution >= 4 is 36.3 Å². The molecule has 0 spiro atoms. The highest BCUT2D eigenvalue weighted by molar-refractivity contribution is 14.1. The molecule has 1 fully saturated rings. The molecule has 2 heterocycles. The smallest absolute Gasteiger partial charge is 0.390 e. The Hall–Kier alpha value is -0.270. The van der Waals surface area contributed by atoms with E-state index in [1.807, 2.05) is 22.6 Å². The average molecular weight is 450 g/mol. The van der Waals surface area contributed by atoms with Gasteiger partial charge in [0.05, 0.1) is 16.3 Å². The fourth-order valence-corrected chi connectivity index (χ4v) is 2.97. The fraction of sp³-hybridized carbons (Fsp3) is 0.700. The number of nitrogens with zero attached hydrogens (tertiary/aromatic N) is 1. The van der Waals surface area contributed by atoms with Crippen LogP contribution in [-0.4, -0.2) is 64.2 Å². The molecule has 2 rings (SSSR count). The van der Waals surface area contributed by atoms with Crippen molar-refractivity contribution in [2.45, 2.75) is 31.2 Å². The predicted molar refractivity (Wildman–Crippen MR) is 80.2 cm³/mol. The molecule has 22 heavy (non-hydrogen) atoms. The lowest BCUT2D eigenvalue weighted by Crippen LogP contribution is -2.54. The SMILES string of the molecule is COC1NC(=O)C(I)=CN1C1CC(O)C(COP(=O)(O)O)O1. The topological polar surface area (TPSA) is 138 Å². The summed E-state index contributed by atoms with van der Waals surface area (Å²) in [5.74, 6) is -0.288. The summed E-state index contributed by atoms with van der Waals surface area (Å²) >= 11 is 1.85. The summed E-state index contributed by atoms with van der Waals surface area (Å²) < 4.78 is 26.2. The molecule has 1 amide bonds. The molecule has 2 aliphatic heterocycles. The Balaban J connectivity index is 2.04. The van der Waals surface area contributed by atoms with Gasteiger partial charge in [-0.2, -0.15) is 0 Å². The predicted octanol–water partition coefficient (Wildman–Crippen LogP) is -0.790. The second-order valence-corrected chi connectivity index (χ2v) is 7.11. The first-order valence-corrected chi connectivity index (χ1v) is 8.84. The van der Waals surface area contributed by atoms with E-state index in [1.54, 1.807) is 4.90 Å². The van der Waals surface area contributed by atoms with Gasteiger partial charge in [0.1, 0.15) is 12.3 Å². The lowest BCUT2D eigenvalue weighted by atomic mass is 10.2. The number of hydrogen-bond acceptors (Lipinski definition) is 7. The maximum Gasteiger partial charge on any atom is 0.469 e.